The van der Waals surface area contributed by atoms with Crippen LogP contribution < -0.4 is 22.1 Å². The zero-order valence-corrected chi connectivity index (χ0v) is 15.3. The molecule has 130 valence electrons. The number of nitrogens with zero attached hydrogens (tertiary/aromatic N) is 1. The van der Waals surface area contributed by atoms with Crippen molar-refractivity contribution >= 4 is 22.7 Å². The molecule has 2 aromatic rings. The lowest BCUT2D eigenvalue weighted by molar-refractivity contribution is 0.398. The van der Waals surface area contributed by atoms with Gasteiger partial charge in [-0.3, -0.25) is 0 Å². The summed E-state index contributed by atoms with van der Waals surface area (Å²) in [6, 6.07) is 12.4. The summed E-state index contributed by atoms with van der Waals surface area (Å²) in [5, 5.41) is 0. The van der Waals surface area contributed by atoms with Crippen LogP contribution in [0.25, 0.3) is 0 Å². The molecule has 2 aromatic carbocycles. The maximum atomic E-state index is 6.25. The van der Waals surface area contributed by atoms with Crippen LogP contribution in [0.1, 0.15) is 37.8 Å². The summed E-state index contributed by atoms with van der Waals surface area (Å²) in [6.07, 6.45) is 1.90. The minimum absolute atomic E-state index is 0.148. The summed E-state index contributed by atoms with van der Waals surface area (Å²) in [5.41, 5.74) is 24.1. The Hall–Kier alpha value is -2.20. The van der Waals surface area contributed by atoms with Crippen LogP contribution in [0.4, 0.5) is 22.7 Å². The van der Waals surface area contributed by atoms with Crippen LogP contribution in [-0.2, 0) is 0 Å². The molecule has 0 saturated carbocycles. The molecule has 0 heterocycles. The number of nitrogen functional groups attached to an aromatic ring is 2. The highest BCUT2D eigenvalue weighted by Crippen LogP contribution is 2.38. The molecule has 0 saturated heterocycles. The van der Waals surface area contributed by atoms with Gasteiger partial charge in [-0.1, -0.05) is 13.8 Å². The molecule has 0 spiro atoms. The normalized spacial score (nSPS) is 11.5. The number of benzene rings is 2. The number of aryl methyl sites for hydroxylation is 2. The van der Waals surface area contributed by atoms with E-state index in [9.17, 15) is 0 Å². The number of nitrogens with two attached hydrogens (primary N) is 3. The van der Waals surface area contributed by atoms with Crippen molar-refractivity contribution in [3.63, 3.8) is 0 Å². The van der Waals surface area contributed by atoms with Crippen molar-refractivity contribution in [2.45, 2.75) is 46.1 Å². The summed E-state index contributed by atoms with van der Waals surface area (Å²) < 4.78 is 0. The quantitative estimate of drug-likeness (QED) is 0.697. The third kappa shape index (κ3) is 3.20. The molecule has 6 N–H and O–H groups in total. The van der Waals surface area contributed by atoms with Gasteiger partial charge >= 0.3 is 0 Å². The molecule has 0 amide bonds. The molecule has 0 radical (unpaired) electrons. The Morgan fingerprint density at radius 2 is 1.25 bits per heavy atom. The third-order valence-electron chi connectivity index (χ3n) is 5.19. The molecule has 0 fully saturated rings. The fourth-order valence-corrected chi connectivity index (χ4v) is 3.24. The fraction of sp³-hybridized carbons (Fsp3) is 0.400. The van der Waals surface area contributed by atoms with Gasteiger partial charge in [0.05, 0.1) is 5.54 Å². The van der Waals surface area contributed by atoms with Crippen LogP contribution >= 0.6 is 0 Å². The molecule has 0 aliphatic rings. The lowest BCUT2D eigenvalue weighted by atomic mass is 9.88. The molecule has 4 nitrogen and oxygen atoms in total. The fourth-order valence-electron chi connectivity index (χ4n) is 3.24. The van der Waals surface area contributed by atoms with Gasteiger partial charge in [0.1, 0.15) is 0 Å². The van der Waals surface area contributed by atoms with E-state index in [0.29, 0.717) is 6.54 Å². The minimum Gasteiger partial charge on any atom is -0.399 e. The van der Waals surface area contributed by atoms with Gasteiger partial charge in [0, 0.05) is 29.3 Å². The van der Waals surface area contributed by atoms with E-state index in [-0.39, 0.29) is 5.54 Å². The molecule has 0 atom stereocenters. The molecule has 2 rings (SSSR count). The van der Waals surface area contributed by atoms with Crippen molar-refractivity contribution in [3.8, 4) is 0 Å². The summed E-state index contributed by atoms with van der Waals surface area (Å²) >= 11 is 0. The summed E-state index contributed by atoms with van der Waals surface area (Å²) in [5.74, 6) is 0. The Kier molecular flexibility index (Phi) is 5.40. The van der Waals surface area contributed by atoms with Gasteiger partial charge in [0.25, 0.3) is 0 Å². The minimum atomic E-state index is -0.148. The van der Waals surface area contributed by atoms with Crippen molar-refractivity contribution in [2.75, 3.05) is 22.9 Å². The van der Waals surface area contributed by atoms with Crippen molar-refractivity contribution in [3.05, 3.63) is 47.5 Å². The van der Waals surface area contributed by atoms with E-state index < -0.39 is 0 Å². The van der Waals surface area contributed by atoms with Gasteiger partial charge in [-0.25, -0.2) is 0 Å². The predicted molar refractivity (Wildman–Crippen MR) is 106 cm³/mol. The molecule has 0 bridgehead atoms. The highest BCUT2D eigenvalue weighted by Gasteiger charge is 2.34. The monoisotopic (exact) mass is 326 g/mol. The van der Waals surface area contributed by atoms with Crippen LogP contribution in [-0.4, -0.2) is 12.1 Å². The zero-order chi connectivity index (χ0) is 17.9. The molecule has 0 aliphatic heterocycles. The molecule has 0 unspecified atom stereocenters. The number of hydrogen-bond donors (Lipinski definition) is 3. The van der Waals surface area contributed by atoms with Gasteiger partial charge in [-0.05, 0) is 74.2 Å². The van der Waals surface area contributed by atoms with Crippen LogP contribution in [0.2, 0.25) is 0 Å². The number of rotatable bonds is 6. The summed E-state index contributed by atoms with van der Waals surface area (Å²) in [4.78, 5) is 2.35. The van der Waals surface area contributed by atoms with Crippen molar-refractivity contribution in [1.29, 1.82) is 0 Å². The maximum Gasteiger partial charge on any atom is 0.0568 e. The number of anilines is 4. The Morgan fingerprint density at radius 3 is 1.54 bits per heavy atom. The average Bonchev–Trinajstić information content (AvgIpc) is 2.58. The lowest BCUT2D eigenvalue weighted by Crippen LogP contribution is -2.51. The van der Waals surface area contributed by atoms with E-state index in [1.807, 2.05) is 26.0 Å². The highest BCUT2D eigenvalue weighted by atomic mass is 15.2. The summed E-state index contributed by atoms with van der Waals surface area (Å²) in [6.45, 7) is 9.03. The van der Waals surface area contributed by atoms with E-state index in [0.717, 1.165) is 46.7 Å². The third-order valence-corrected chi connectivity index (χ3v) is 5.19. The standard InChI is InChI=1S/C20H30N4/c1-5-20(6-2,13-21)24(16-7-9-18(22)14(3)11-16)17-8-10-19(23)15(4)12-17/h7-12H,5-6,13,21-23H2,1-4H3. The molecule has 24 heavy (non-hydrogen) atoms. The van der Waals surface area contributed by atoms with E-state index in [1.54, 1.807) is 0 Å². The average molecular weight is 326 g/mol. The van der Waals surface area contributed by atoms with Crippen LogP contribution in [0.5, 0.6) is 0 Å². The summed E-state index contributed by atoms with van der Waals surface area (Å²) in [7, 11) is 0. The first-order valence-electron chi connectivity index (χ1n) is 8.61. The largest absolute Gasteiger partial charge is 0.399 e. The Bertz CT molecular complexity index is 645. The van der Waals surface area contributed by atoms with E-state index in [1.165, 1.54) is 0 Å². The maximum absolute atomic E-state index is 6.25. The van der Waals surface area contributed by atoms with Crippen molar-refractivity contribution in [2.24, 2.45) is 5.73 Å². The topological polar surface area (TPSA) is 81.3 Å². The van der Waals surface area contributed by atoms with Gasteiger partial charge in [-0.15, -0.1) is 0 Å². The predicted octanol–water partition coefficient (Wildman–Crippen LogP) is 4.12. The molecule has 4 heteroatoms. The van der Waals surface area contributed by atoms with Gasteiger partial charge in [-0.2, -0.15) is 0 Å². The molecule has 0 aliphatic carbocycles. The lowest BCUT2D eigenvalue weighted by Gasteiger charge is -2.44. The van der Waals surface area contributed by atoms with E-state index in [2.05, 4.69) is 43.0 Å². The molecule has 0 aromatic heterocycles. The van der Waals surface area contributed by atoms with Gasteiger partial charge in [0.15, 0.2) is 0 Å². The Morgan fingerprint density at radius 1 is 0.833 bits per heavy atom. The SMILES string of the molecule is CCC(CC)(CN)N(c1ccc(N)c(C)c1)c1ccc(N)c(C)c1. The second-order valence-electron chi connectivity index (χ2n) is 6.55. The Labute approximate surface area is 145 Å². The first-order valence-corrected chi connectivity index (χ1v) is 8.61. The second-order valence-corrected chi connectivity index (χ2v) is 6.55. The highest BCUT2D eigenvalue weighted by molar-refractivity contribution is 5.71. The van der Waals surface area contributed by atoms with Crippen molar-refractivity contribution < 1.29 is 0 Å². The second kappa shape index (κ2) is 7.14. The van der Waals surface area contributed by atoms with Gasteiger partial charge < -0.3 is 22.1 Å². The van der Waals surface area contributed by atoms with Crippen LogP contribution in [0.15, 0.2) is 36.4 Å². The Balaban J connectivity index is 2.68. The van der Waals surface area contributed by atoms with E-state index in [4.69, 9.17) is 17.2 Å². The first kappa shape index (κ1) is 18.1. The number of hydrogen-bond acceptors (Lipinski definition) is 4. The smallest absolute Gasteiger partial charge is 0.0568 e. The van der Waals surface area contributed by atoms with Crippen molar-refractivity contribution in [1.82, 2.24) is 0 Å². The van der Waals surface area contributed by atoms with E-state index >= 15 is 0 Å². The molecular formula is C20H30N4. The van der Waals surface area contributed by atoms with Crippen LogP contribution in [0, 0.1) is 13.8 Å². The molecular weight excluding hydrogens is 296 g/mol. The zero-order valence-electron chi connectivity index (χ0n) is 15.3. The van der Waals surface area contributed by atoms with Gasteiger partial charge in [0.2, 0.25) is 0 Å². The van der Waals surface area contributed by atoms with Crippen LogP contribution in [0.3, 0.4) is 0 Å². The first-order chi connectivity index (χ1) is 11.4.